The van der Waals surface area contributed by atoms with Crippen molar-refractivity contribution in [2.45, 2.75) is 10.6 Å². The molecule has 0 spiro atoms. The number of nitrogens with zero attached hydrogens (tertiary/aromatic N) is 2. The minimum atomic E-state index is -3.62. The van der Waals surface area contributed by atoms with E-state index in [0.717, 1.165) is 0 Å². The van der Waals surface area contributed by atoms with Crippen LogP contribution in [0, 0.1) is 0 Å². The van der Waals surface area contributed by atoms with Crippen molar-refractivity contribution in [3.63, 3.8) is 0 Å². The smallest absolute Gasteiger partial charge is 0.270 e. The zero-order valence-corrected chi connectivity index (χ0v) is 23.1. The van der Waals surface area contributed by atoms with Crippen molar-refractivity contribution in [3.05, 3.63) is 126 Å². The Hall–Kier alpha value is -4.60. The highest BCUT2D eigenvalue weighted by molar-refractivity contribution is 7.90. The molecule has 0 aliphatic carbocycles. The predicted octanol–water partition coefficient (Wildman–Crippen LogP) is 5.42. The molecule has 0 saturated carbocycles. The largest absolute Gasteiger partial charge is 0.496 e. The maximum Gasteiger partial charge on any atom is 0.270 e. The minimum Gasteiger partial charge on any atom is -0.496 e. The summed E-state index contributed by atoms with van der Waals surface area (Å²) < 4.78 is 31.4. The van der Waals surface area contributed by atoms with Crippen molar-refractivity contribution >= 4 is 56.4 Å². The highest BCUT2D eigenvalue weighted by Crippen LogP contribution is 2.31. The van der Waals surface area contributed by atoms with Gasteiger partial charge in [0, 0.05) is 5.56 Å². The molecule has 0 atom stereocenters. The zero-order chi connectivity index (χ0) is 28.3. The Labute approximate surface area is 237 Å². The van der Waals surface area contributed by atoms with Crippen molar-refractivity contribution in [3.8, 4) is 5.75 Å². The van der Waals surface area contributed by atoms with Crippen molar-refractivity contribution in [1.82, 2.24) is 0 Å². The third-order valence-electron chi connectivity index (χ3n) is 6.35. The summed E-state index contributed by atoms with van der Waals surface area (Å²) in [5.41, 5.74) is 1.89. The Bertz CT molecular complexity index is 1660. The van der Waals surface area contributed by atoms with Crippen LogP contribution in [0.4, 0.5) is 11.4 Å². The van der Waals surface area contributed by atoms with Gasteiger partial charge in [0.15, 0.2) is 14.9 Å². The van der Waals surface area contributed by atoms with E-state index in [2.05, 4.69) is 0 Å². The van der Waals surface area contributed by atoms with E-state index in [9.17, 15) is 18.0 Å². The summed E-state index contributed by atoms with van der Waals surface area (Å²) in [4.78, 5) is 30.3. The average Bonchev–Trinajstić information content (AvgIpc) is 2.97. The van der Waals surface area contributed by atoms with Crippen LogP contribution >= 0.6 is 12.2 Å². The molecule has 200 valence electrons. The van der Waals surface area contributed by atoms with E-state index in [1.807, 2.05) is 12.1 Å². The van der Waals surface area contributed by atoms with Crippen molar-refractivity contribution in [1.29, 1.82) is 0 Å². The molecule has 4 aromatic carbocycles. The highest BCUT2D eigenvalue weighted by Gasteiger charge is 2.41. The molecule has 0 bridgehead atoms. The van der Waals surface area contributed by atoms with Crippen LogP contribution < -0.4 is 14.5 Å². The number of methoxy groups -OCH3 is 1. The molecule has 0 unspecified atom stereocenters. The molecule has 1 fully saturated rings. The first-order valence-electron chi connectivity index (χ1n) is 12.3. The lowest BCUT2D eigenvalue weighted by atomic mass is 10.0. The summed E-state index contributed by atoms with van der Waals surface area (Å²) in [6.45, 7) is 0. The molecular formula is C31H24N2O5S2. The van der Waals surface area contributed by atoms with Gasteiger partial charge in [-0.25, -0.2) is 8.42 Å². The number of carbonyl (C=O) groups excluding carboxylic acids is 2. The van der Waals surface area contributed by atoms with Crippen LogP contribution in [0.15, 0.2) is 120 Å². The number of benzene rings is 4. The van der Waals surface area contributed by atoms with Crippen LogP contribution in [-0.4, -0.2) is 32.5 Å². The number of amides is 2. The monoisotopic (exact) mass is 568 g/mol. The molecule has 4 aromatic rings. The molecule has 1 aliphatic heterocycles. The van der Waals surface area contributed by atoms with Gasteiger partial charge in [0.2, 0.25) is 0 Å². The fourth-order valence-electron chi connectivity index (χ4n) is 4.39. The fraction of sp³-hybridized carbons (Fsp3) is 0.0645. The van der Waals surface area contributed by atoms with Gasteiger partial charge in [-0.1, -0.05) is 66.7 Å². The van der Waals surface area contributed by atoms with Gasteiger partial charge < -0.3 is 4.74 Å². The van der Waals surface area contributed by atoms with E-state index in [1.54, 1.807) is 97.1 Å². The van der Waals surface area contributed by atoms with Crippen LogP contribution in [-0.2, 0) is 25.2 Å². The molecule has 2 amide bonds. The molecule has 1 heterocycles. The summed E-state index contributed by atoms with van der Waals surface area (Å²) in [5.74, 6) is -1.08. The first-order valence-corrected chi connectivity index (χ1v) is 14.4. The number of thiocarbonyl (C=S) groups is 1. The highest BCUT2D eigenvalue weighted by atomic mass is 32.2. The fourth-order valence-corrected chi connectivity index (χ4v) is 6.15. The van der Waals surface area contributed by atoms with E-state index < -0.39 is 21.7 Å². The third-order valence-corrected chi connectivity index (χ3v) is 8.39. The van der Waals surface area contributed by atoms with E-state index in [0.29, 0.717) is 28.3 Å². The second kappa shape index (κ2) is 11.3. The van der Waals surface area contributed by atoms with Gasteiger partial charge in [-0.3, -0.25) is 19.4 Å². The Balaban J connectivity index is 1.55. The van der Waals surface area contributed by atoms with Gasteiger partial charge in [-0.05, 0) is 66.3 Å². The number of para-hydroxylation sites is 2. The summed E-state index contributed by atoms with van der Waals surface area (Å²) in [6, 6.07) is 30.8. The van der Waals surface area contributed by atoms with Gasteiger partial charge >= 0.3 is 0 Å². The minimum absolute atomic E-state index is 0.0450. The normalized spacial score (nSPS) is 13.9. The van der Waals surface area contributed by atoms with E-state index in [4.69, 9.17) is 17.0 Å². The zero-order valence-electron chi connectivity index (χ0n) is 21.4. The lowest BCUT2D eigenvalue weighted by Gasteiger charge is -2.36. The first kappa shape index (κ1) is 27.0. The number of hydrogen-bond acceptors (Lipinski definition) is 6. The molecule has 9 heteroatoms. The Kier molecular flexibility index (Phi) is 7.59. The maximum atomic E-state index is 13.7. The Morgan fingerprint density at radius 3 is 1.75 bits per heavy atom. The lowest BCUT2D eigenvalue weighted by Crippen LogP contribution is -2.56. The second-order valence-electron chi connectivity index (χ2n) is 8.94. The number of anilines is 2. The molecule has 1 aliphatic rings. The molecule has 7 nitrogen and oxygen atoms in total. The predicted molar refractivity (Wildman–Crippen MR) is 159 cm³/mol. The van der Waals surface area contributed by atoms with Crippen LogP contribution in [0.5, 0.6) is 5.75 Å². The first-order chi connectivity index (χ1) is 19.3. The average molecular weight is 569 g/mol. The van der Waals surface area contributed by atoms with E-state index >= 15 is 0 Å². The lowest BCUT2D eigenvalue weighted by molar-refractivity contribution is -0.120. The number of sulfone groups is 1. The molecule has 0 N–H and O–H groups in total. The van der Waals surface area contributed by atoms with Crippen molar-refractivity contribution < 1.29 is 22.7 Å². The summed E-state index contributed by atoms with van der Waals surface area (Å²) in [6.07, 6.45) is 1.47. The molecule has 0 aromatic heterocycles. The standard InChI is InChI=1S/C31H24N2O5S2/c1-38-28-20-22(17-18-23(28)21-40(36,37)26-15-9-4-10-16-26)19-27-29(34)32(24-11-5-2-6-12-24)31(39)33(30(27)35)25-13-7-3-8-14-25/h2-20H,21H2,1H3. The topological polar surface area (TPSA) is 84.0 Å². The number of ether oxygens (including phenoxy) is 1. The van der Waals surface area contributed by atoms with Gasteiger partial charge in [-0.2, -0.15) is 0 Å². The SMILES string of the molecule is COc1cc(C=C2C(=O)N(c3ccccc3)C(=S)N(c3ccccc3)C2=O)ccc1CS(=O)(=O)c1ccccc1. The summed E-state index contributed by atoms with van der Waals surface area (Å²) >= 11 is 5.64. The van der Waals surface area contributed by atoms with E-state index in [-0.39, 0.29) is 21.3 Å². The Morgan fingerprint density at radius 2 is 1.25 bits per heavy atom. The summed E-state index contributed by atoms with van der Waals surface area (Å²) in [5, 5.41) is 0.0450. The second-order valence-corrected chi connectivity index (χ2v) is 11.3. The van der Waals surface area contributed by atoms with Gasteiger partial charge in [0.05, 0.1) is 29.1 Å². The van der Waals surface area contributed by atoms with Crippen molar-refractivity contribution in [2.24, 2.45) is 0 Å². The molecule has 40 heavy (non-hydrogen) atoms. The van der Waals surface area contributed by atoms with Gasteiger partial charge in [0.25, 0.3) is 11.8 Å². The van der Waals surface area contributed by atoms with Crippen molar-refractivity contribution in [2.75, 3.05) is 16.9 Å². The summed E-state index contributed by atoms with van der Waals surface area (Å²) in [7, 11) is -2.18. The third kappa shape index (κ3) is 5.29. The van der Waals surface area contributed by atoms with Gasteiger partial charge in [-0.15, -0.1) is 0 Å². The number of rotatable bonds is 7. The van der Waals surface area contributed by atoms with Crippen LogP contribution in [0.25, 0.3) is 6.08 Å². The van der Waals surface area contributed by atoms with Crippen LogP contribution in [0.1, 0.15) is 11.1 Å². The molecule has 1 saturated heterocycles. The number of hydrogen-bond donors (Lipinski definition) is 0. The molecular weight excluding hydrogens is 544 g/mol. The quantitative estimate of drug-likeness (QED) is 0.168. The molecule has 0 radical (unpaired) electrons. The van der Waals surface area contributed by atoms with Crippen LogP contribution in [0.2, 0.25) is 0 Å². The maximum absolute atomic E-state index is 13.7. The Morgan fingerprint density at radius 1 is 0.750 bits per heavy atom. The van der Waals surface area contributed by atoms with E-state index in [1.165, 1.54) is 23.0 Å². The number of carbonyl (C=O) groups is 2. The van der Waals surface area contributed by atoms with Crippen LogP contribution in [0.3, 0.4) is 0 Å². The molecule has 5 rings (SSSR count). The van der Waals surface area contributed by atoms with Gasteiger partial charge in [0.1, 0.15) is 11.3 Å².